The van der Waals surface area contributed by atoms with Gasteiger partial charge in [-0.25, -0.2) is 4.39 Å². The molecule has 3 rings (SSSR count). The van der Waals surface area contributed by atoms with Crippen molar-refractivity contribution in [2.45, 2.75) is 25.3 Å². The zero-order valence-electron chi connectivity index (χ0n) is 14.1. The Labute approximate surface area is 152 Å². The molecule has 0 radical (unpaired) electrons. The number of carbonyl (C=O) groups excluding carboxylic acids is 1. The van der Waals surface area contributed by atoms with Gasteiger partial charge >= 0.3 is 0 Å². The normalized spacial score (nSPS) is 15.9. The SMILES string of the molecule is O=C(Cc1ccccc1F)NC[C@H](c1ccccc1Cl)N1CCCC1. The van der Waals surface area contributed by atoms with Crippen LogP contribution >= 0.6 is 11.6 Å². The summed E-state index contributed by atoms with van der Waals surface area (Å²) < 4.78 is 13.7. The molecular formula is C20H22ClFN2O. The Morgan fingerprint density at radius 1 is 1.12 bits per heavy atom. The third-order valence-corrected chi connectivity index (χ3v) is 4.99. The molecule has 0 saturated carbocycles. The van der Waals surface area contributed by atoms with Crippen molar-refractivity contribution in [1.29, 1.82) is 0 Å². The van der Waals surface area contributed by atoms with Gasteiger partial charge in [-0.2, -0.15) is 0 Å². The van der Waals surface area contributed by atoms with Crippen LogP contribution < -0.4 is 5.32 Å². The number of halogens is 2. The summed E-state index contributed by atoms with van der Waals surface area (Å²) in [6.45, 7) is 2.47. The lowest BCUT2D eigenvalue weighted by Gasteiger charge is -2.29. The maximum atomic E-state index is 13.7. The molecule has 1 saturated heterocycles. The molecule has 25 heavy (non-hydrogen) atoms. The first-order valence-electron chi connectivity index (χ1n) is 8.64. The molecule has 1 atom stereocenters. The van der Waals surface area contributed by atoms with Crippen molar-refractivity contribution in [2.24, 2.45) is 0 Å². The monoisotopic (exact) mass is 360 g/mol. The molecule has 132 valence electrons. The number of hydrogen-bond donors (Lipinski definition) is 1. The molecule has 0 aromatic heterocycles. The van der Waals surface area contributed by atoms with Crippen LogP contribution in [-0.4, -0.2) is 30.4 Å². The lowest BCUT2D eigenvalue weighted by molar-refractivity contribution is -0.120. The minimum absolute atomic E-state index is 0.0424. The second-order valence-electron chi connectivity index (χ2n) is 6.35. The number of hydrogen-bond acceptors (Lipinski definition) is 2. The minimum atomic E-state index is -0.347. The zero-order chi connectivity index (χ0) is 17.6. The van der Waals surface area contributed by atoms with Crippen LogP contribution in [0.15, 0.2) is 48.5 Å². The number of benzene rings is 2. The fourth-order valence-electron chi connectivity index (χ4n) is 3.32. The average Bonchev–Trinajstić information content (AvgIpc) is 3.13. The van der Waals surface area contributed by atoms with Crippen LogP contribution in [0.25, 0.3) is 0 Å². The maximum Gasteiger partial charge on any atom is 0.224 e. The fraction of sp³-hybridized carbons (Fsp3) is 0.350. The van der Waals surface area contributed by atoms with E-state index >= 15 is 0 Å². The number of nitrogens with zero attached hydrogens (tertiary/aromatic N) is 1. The maximum absolute atomic E-state index is 13.7. The third-order valence-electron chi connectivity index (χ3n) is 4.65. The van der Waals surface area contributed by atoms with E-state index in [-0.39, 0.29) is 24.2 Å². The van der Waals surface area contributed by atoms with E-state index in [9.17, 15) is 9.18 Å². The van der Waals surface area contributed by atoms with Crippen molar-refractivity contribution in [1.82, 2.24) is 10.2 Å². The van der Waals surface area contributed by atoms with E-state index in [4.69, 9.17) is 11.6 Å². The van der Waals surface area contributed by atoms with Gasteiger partial charge in [0.2, 0.25) is 5.91 Å². The summed E-state index contributed by atoms with van der Waals surface area (Å²) in [6, 6.07) is 14.2. The molecule has 1 fully saturated rings. The summed E-state index contributed by atoms with van der Waals surface area (Å²) in [4.78, 5) is 14.6. The standard InChI is InChI=1S/C20H22ClFN2O/c21-17-9-3-2-8-16(17)19(24-11-5-6-12-24)14-23-20(25)13-15-7-1-4-10-18(15)22/h1-4,7-10,19H,5-6,11-14H2,(H,23,25)/t19-/m1/s1. The molecule has 2 aromatic rings. The summed E-state index contributed by atoms with van der Waals surface area (Å²) in [6.07, 6.45) is 2.36. The Bertz CT molecular complexity index is 731. The van der Waals surface area contributed by atoms with Crippen molar-refractivity contribution < 1.29 is 9.18 Å². The van der Waals surface area contributed by atoms with E-state index in [1.54, 1.807) is 18.2 Å². The first-order valence-corrected chi connectivity index (χ1v) is 9.01. The lowest BCUT2D eigenvalue weighted by atomic mass is 10.0. The second kappa shape index (κ2) is 8.45. The molecule has 1 heterocycles. The number of rotatable bonds is 6. The number of likely N-dealkylation sites (tertiary alicyclic amines) is 1. The van der Waals surface area contributed by atoms with Crippen LogP contribution in [0.2, 0.25) is 5.02 Å². The van der Waals surface area contributed by atoms with Gasteiger partial charge in [0.15, 0.2) is 0 Å². The van der Waals surface area contributed by atoms with E-state index in [0.717, 1.165) is 31.5 Å². The first kappa shape index (κ1) is 17.9. The number of amides is 1. The summed E-state index contributed by atoms with van der Waals surface area (Å²) in [7, 11) is 0. The molecule has 3 nitrogen and oxygen atoms in total. The molecule has 1 aliphatic rings. The van der Waals surface area contributed by atoms with E-state index in [1.165, 1.54) is 6.07 Å². The van der Waals surface area contributed by atoms with Gasteiger partial charge in [0.25, 0.3) is 0 Å². The van der Waals surface area contributed by atoms with Gasteiger partial charge in [0.1, 0.15) is 5.82 Å². The first-order chi connectivity index (χ1) is 12.1. The van der Waals surface area contributed by atoms with Crippen molar-refractivity contribution in [3.63, 3.8) is 0 Å². The van der Waals surface area contributed by atoms with Gasteiger partial charge in [-0.15, -0.1) is 0 Å². The highest BCUT2D eigenvalue weighted by molar-refractivity contribution is 6.31. The van der Waals surface area contributed by atoms with Gasteiger partial charge in [-0.05, 0) is 49.2 Å². The van der Waals surface area contributed by atoms with Gasteiger partial charge in [-0.1, -0.05) is 48.0 Å². The highest BCUT2D eigenvalue weighted by Gasteiger charge is 2.25. The van der Waals surface area contributed by atoms with Crippen LogP contribution in [-0.2, 0) is 11.2 Å². The molecule has 2 aromatic carbocycles. The summed E-state index contributed by atoms with van der Waals surface area (Å²) in [5, 5.41) is 3.67. The predicted octanol–water partition coefficient (Wildman–Crippen LogP) is 3.97. The number of nitrogens with one attached hydrogen (secondary N) is 1. The Balaban J connectivity index is 1.67. The van der Waals surface area contributed by atoms with Crippen molar-refractivity contribution in [3.05, 3.63) is 70.5 Å². The quantitative estimate of drug-likeness (QED) is 0.845. The Hall–Kier alpha value is -1.91. The molecular weight excluding hydrogens is 339 g/mol. The van der Waals surface area contributed by atoms with Crippen LogP contribution in [0.1, 0.15) is 30.0 Å². The minimum Gasteiger partial charge on any atom is -0.354 e. The van der Waals surface area contributed by atoms with E-state index < -0.39 is 0 Å². The lowest BCUT2D eigenvalue weighted by Crippen LogP contribution is -2.37. The van der Waals surface area contributed by atoms with Gasteiger partial charge in [0.05, 0.1) is 12.5 Å². The third kappa shape index (κ3) is 4.59. The van der Waals surface area contributed by atoms with Gasteiger partial charge in [-0.3, -0.25) is 9.69 Å². The molecule has 1 aliphatic heterocycles. The molecule has 1 N–H and O–H groups in total. The van der Waals surface area contributed by atoms with Gasteiger partial charge in [0, 0.05) is 11.6 Å². The van der Waals surface area contributed by atoms with Crippen molar-refractivity contribution in [2.75, 3.05) is 19.6 Å². The molecule has 1 amide bonds. The predicted molar refractivity (Wildman–Crippen MR) is 98.1 cm³/mol. The Morgan fingerprint density at radius 3 is 2.52 bits per heavy atom. The molecule has 5 heteroatoms. The second-order valence-corrected chi connectivity index (χ2v) is 6.76. The van der Waals surface area contributed by atoms with Crippen LogP contribution in [0.4, 0.5) is 4.39 Å². The summed E-state index contributed by atoms with van der Waals surface area (Å²) in [5.41, 5.74) is 1.44. The zero-order valence-corrected chi connectivity index (χ0v) is 14.8. The van der Waals surface area contributed by atoms with Gasteiger partial charge < -0.3 is 5.32 Å². The summed E-state index contributed by atoms with van der Waals surface area (Å²) >= 11 is 6.37. The smallest absolute Gasteiger partial charge is 0.224 e. The Kier molecular flexibility index (Phi) is 6.05. The highest BCUT2D eigenvalue weighted by Crippen LogP contribution is 2.29. The average molecular weight is 361 g/mol. The largest absolute Gasteiger partial charge is 0.354 e. The van der Waals surface area contributed by atoms with Crippen LogP contribution in [0.3, 0.4) is 0 Å². The van der Waals surface area contributed by atoms with Crippen molar-refractivity contribution >= 4 is 17.5 Å². The summed E-state index contributed by atoms with van der Waals surface area (Å²) in [5.74, 6) is -0.527. The molecule has 0 spiro atoms. The highest BCUT2D eigenvalue weighted by atomic mass is 35.5. The van der Waals surface area contributed by atoms with E-state index in [0.29, 0.717) is 17.1 Å². The fourth-order valence-corrected chi connectivity index (χ4v) is 3.58. The molecule has 0 bridgehead atoms. The van der Waals surface area contributed by atoms with E-state index in [1.807, 2.05) is 24.3 Å². The van der Waals surface area contributed by atoms with E-state index in [2.05, 4.69) is 10.2 Å². The van der Waals surface area contributed by atoms with Crippen LogP contribution in [0, 0.1) is 5.82 Å². The van der Waals surface area contributed by atoms with Crippen molar-refractivity contribution in [3.8, 4) is 0 Å². The molecule has 0 unspecified atom stereocenters. The van der Waals surface area contributed by atoms with Crippen LogP contribution in [0.5, 0.6) is 0 Å². The molecule has 0 aliphatic carbocycles. The number of carbonyl (C=O) groups is 1. The topological polar surface area (TPSA) is 32.3 Å². The Morgan fingerprint density at radius 2 is 1.80 bits per heavy atom.